The van der Waals surface area contributed by atoms with Gasteiger partial charge in [-0.1, -0.05) is 53.8 Å². The zero-order valence-corrected chi connectivity index (χ0v) is 13.3. The number of aromatic nitrogens is 1. The second kappa shape index (κ2) is 6.06. The van der Waals surface area contributed by atoms with E-state index in [1.54, 1.807) is 0 Å². The molecule has 24 heavy (non-hydrogen) atoms. The van der Waals surface area contributed by atoms with Crippen molar-refractivity contribution in [3.8, 4) is 23.3 Å². The molecule has 0 spiro atoms. The number of hydrogen-bond donors (Lipinski definition) is 0. The number of hydrogen-bond acceptors (Lipinski definition) is 2. The lowest BCUT2D eigenvalue weighted by Gasteiger charge is -1.99. The number of rotatable bonds is 1. The van der Waals surface area contributed by atoms with Crippen LogP contribution >= 0.6 is 0 Å². The quantitative estimate of drug-likeness (QED) is 0.451. The third-order valence-corrected chi connectivity index (χ3v) is 3.84. The van der Waals surface area contributed by atoms with Crippen molar-refractivity contribution in [2.45, 2.75) is 6.92 Å². The summed E-state index contributed by atoms with van der Waals surface area (Å²) in [5.74, 6) is 7.06. The van der Waals surface area contributed by atoms with Gasteiger partial charge in [0.2, 0.25) is 5.89 Å². The topological polar surface area (TPSA) is 26.0 Å². The van der Waals surface area contributed by atoms with Crippen molar-refractivity contribution in [3.05, 3.63) is 89.5 Å². The van der Waals surface area contributed by atoms with Crippen molar-refractivity contribution >= 4 is 11.1 Å². The Hall–Kier alpha value is -3.31. The van der Waals surface area contributed by atoms with E-state index >= 15 is 0 Å². The molecule has 4 aromatic rings. The summed E-state index contributed by atoms with van der Waals surface area (Å²) in [7, 11) is 0. The molecule has 0 fully saturated rings. The van der Waals surface area contributed by atoms with E-state index in [9.17, 15) is 0 Å². The fraction of sp³-hybridized carbons (Fsp3) is 0.0455. The minimum Gasteiger partial charge on any atom is -0.436 e. The first kappa shape index (κ1) is 14.3. The van der Waals surface area contributed by atoms with E-state index in [0.29, 0.717) is 5.89 Å². The van der Waals surface area contributed by atoms with Crippen LogP contribution in [0.5, 0.6) is 0 Å². The number of fused-ring (bicyclic) bond motifs is 1. The van der Waals surface area contributed by atoms with Gasteiger partial charge in [0.05, 0.1) is 5.56 Å². The zero-order valence-electron chi connectivity index (χ0n) is 13.3. The van der Waals surface area contributed by atoms with Crippen LogP contribution in [0.1, 0.15) is 16.7 Å². The lowest BCUT2D eigenvalue weighted by Crippen LogP contribution is -1.84. The molecule has 1 aromatic heterocycles. The highest BCUT2D eigenvalue weighted by Gasteiger charge is 2.10. The number of para-hydroxylation sites is 2. The Morgan fingerprint density at radius 1 is 0.792 bits per heavy atom. The smallest absolute Gasteiger partial charge is 0.228 e. The Balaban J connectivity index is 1.77. The second-order valence-corrected chi connectivity index (χ2v) is 5.65. The molecule has 0 aliphatic carbocycles. The molecule has 0 bridgehead atoms. The summed E-state index contributed by atoms with van der Waals surface area (Å²) in [5.41, 5.74) is 5.68. The molecule has 2 nitrogen and oxygen atoms in total. The van der Waals surface area contributed by atoms with E-state index in [1.165, 1.54) is 5.56 Å². The highest BCUT2D eigenvalue weighted by molar-refractivity contribution is 5.77. The molecule has 0 aliphatic rings. The Labute approximate surface area is 140 Å². The van der Waals surface area contributed by atoms with Gasteiger partial charge in [0.1, 0.15) is 5.52 Å². The van der Waals surface area contributed by atoms with Gasteiger partial charge < -0.3 is 4.42 Å². The molecule has 0 aliphatic heterocycles. The van der Waals surface area contributed by atoms with Crippen molar-refractivity contribution in [1.82, 2.24) is 4.98 Å². The largest absolute Gasteiger partial charge is 0.436 e. The monoisotopic (exact) mass is 309 g/mol. The van der Waals surface area contributed by atoms with Gasteiger partial charge in [0, 0.05) is 11.1 Å². The van der Waals surface area contributed by atoms with Crippen molar-refractivity contribution in [2.24, 2.45) is 0 Å². The van der Waals surface area contributed by atoms with E-state index in [-0.39, 0.29) is 0 Å². The van der Waals surface area contributed by atoms with Gasteiger partial charge in [-0.15, -0.1) is 0 Å². The molecular weight excluding hydrogens is 294 g/mol. The van der Waals surface area contributed by atoms with Gasteiger partial charge in [-0.05, 0) is 43.3 Å². The van der Waals surface area contributed by atoms with Gasteiger partial charge in [0.25, 0.3) is 0 Å². The van der Waals surface area contributed by atoms with Gasteiger partial charge >= 0.3 is 0 Å². The summed E-state index contributed by atoms with van der Waals surface area (Å²) >= 11 is 0. The predicted molar refractivity (Wildman–Crippen MR) is 96.6 cm³/mol. The van der Waals surface area contributed by atoms with E-state index in [1.807, 2.05) is 60.7 Å². The highest BCUT2D eigenvalue weighted by atomic mass is 16.3. The van der Waals surface area contributed by atoms with Crippen LogP contribution in [0.3, 0.4) is 0 Å². The minimum absolute atomic E-state index is 0.602. The molecule has 0 unspecified atom stereocenters. The summed E-state index contributed by atoms with van der Waals surface area (Å²) in [6.45, 7) is 2.07. The minimum atomic E-state index is 0.602. The van der Waals surface area contributed by atoms with E-state index in [4.69, 9.17) is 4.42 Å². The molecule has 0 atom stereocenters. The average molecular weight is 309 g/mol. The van der Waals surface area contributed by atoms with Crippen molar-refractivity contribution in [3.63, 3.8) is 0 Å². The zero-order chi connectivity index (χ0) is 16.4. The van der Waals surface area contributed by atoms with E-state index in [0.717, 1.165) is 27.8 Å². The fourth-order valence-corrected chi connectivity index (χ4v) is 2.54. The van der Waals surface area contributed by atoms with Gasteiger partial charge in [-0.2, -0.15) is 0 Å². The van der Waals surface area contributed by atoms with Gasteiger partial charge in [-0.3, -0.25) is 0 Å². The summed E-state index contributed by atoms with van der Waals surface area (Å²) in [6, 6.07) is 23.9. The Kier molecular flexibility index (Phi) is 3.61. The summed E-state index contributed by atoms with van der Waals surface area (Å²) < 4.78 is 5.88. The molecule has 2 heteroatoms. The average Bonchev–Trinajstić information content (AvgIpc) is 3.05. The van der Waals surface area contributed by atoms with Crippen LogP contribution in [0.15, 0.2) is 77.2 Å². The first-order valence-electron chi connectivity index (χ1n) is 7.83. The molecule has 1 heterocycles. The second-order valence-electron chi connectivity index (χ2n) is 5.65. The standard InChI is InChI=1S/C22H15NO/c1-16-10-12-17(13-11-16)14-15-18-6-2-3-7-19(18)22-23-20-8-4-5-9-21(20)24-22/h2-13H,1H3. The molecule has 114 valence electrons. The van der Waals surface area contributed by atoms with Crippen LogP contribution < -0.4 is 0 Å². The summed E-state index contributed by atoms with van der Waals surface area (Å²) in [5, 5.41) is 0. The van der Waals surface area contributed by atoms with Crippen LogP contribution in [0, 0.1) is 18.8 Å². The maximum Gasteiger partial charge on any atom is 0.228 e. The first-order valence-corrected chi connectivity index (χ1v) is 7.83. The molecule has 0 radical (unpaired) electrons. The highest BCUT2D eigenvalue weighted by Crippen LogP contribution is 2.26. The Morgan fingerprint density at radius 2 is 1.54 bits per heavy atom. The van der Waals surface area contributed by atoms with Crippen molar-refractivity contribution in [2.75, 3.05) is 0 Å². The molecule has 4 rings (SSSR count). The van der Waals surface area contributed by atoms with Crippen LogP contribution in [-0.2, 0) is 0 Å². The third-order valence-electron chi connectivity index (χ3n) is 3.84. The number of aryl methyl sites for hydroxylation is 1. The predicted octanol–water partition coefficient (Wildman–Crippen LogP) is 5.20. The normalized spacial score (nSPS) is 10.4. The van der Waals surface area contributed by atoms with Crippen LogP contribution in [0.2, 0.25) is 0 Å². The van der Waals surface area contributed by atoms with Gasteiger partial charge in [-0.25, -0.2) is 4.98 Å². The maximum absolute atomic E-state index is 5.88. The summed E-state index contributed by atoms with van der Waals surface area (Å²) in [4.78, 5) is 4.58. The molecule has 3 aromatic carbocycles. The number of oxazole rings is 1. The molecule has 0 saturated heterocycles. The Morgan fingerprint density at radius 3 is 2.38 bits per heavy atom. The number of nitrogens with zero attached hydrogens (tertiary/aromatic N) is 1. The van der Waals surface area contributed by atoms with Crippen LogP contribution in [0.4, 0.5) is 0 Å². The lowest BCUT2D eigenvalue weighted by molar-refractivity contribution is 0.619. The molecule has 0 saturated carbocycles. The number of benzene rings is 3. The SMILES string of the molecule is Cc1ccc(C#Cc2ccccc2-c2nc3ccccc3o2)cc1. The van der Waals surface area contributed by atoms with Crippen LogP contribution in [0.25, 0.3) is 22.6 Å². The summed E-state index contributed by atoms with van der Waals surface area (Å²) in [6.07, 6.45) is 0. The van der Waals surface area contributed by atoms with Crippen LogP contribution in [-0.4, -0.2) is 4.98 Å². The lowest BCUT2D eigenvalue weighted by atomic mass is 10.1. The first-order chi connectivity index (χ1) is 11.8. The Bertz CT molecular complexity index is 1030. The van der Waals surface area contributed by atoms with Crippen molar-refractivity contribution in [1.29, 1.82) is 0 Å². The van der Waals surface area contributed by atoms with E-state index < -0.39 is 0 Å². The molecular formula is C22H15NO. The maximum atomic E-state index is 5.88. The van der Waals surface area contributed by atoms with E-state index in [2.05, 4.69) is 35.9 Å². The molecule has 0 amide bonds. The van der Waals surface area contributed by atoms with Gasteiger partial charge in [0.15, 0.2) is 5.58 Å². The fourth-order valence-electron chi connectivity index (χ4n) is 2.54. The molecule has 0 N–H and O–H groups in total. The van der Waals surface area contributed by atoms with Crippen molar-refractivity contribution < 1.29 is 4.42 Å². The third kappa shape index (κ3) is 2.80.